The van der Waals surface area contributed by atoms with Gasteiger partial charge in [-0.3, -0.25) is 0 Å². The normalized spacial score (nSPS) is 40.4. The van der Waals surface area contributed by atoms with E-state index in [1.807, 2.05) is 0 Å². The van der Waals surface area contributed by atoms with Gasteiger partial charge < -0.3 is 93.7 Å². The van der Waals surface area contributed by atoms with Gasteiger partial charge in [-0.05, 0) is 47.2 Å². The van der Waals surface area contributed by atoms with Crippen LogP contribution in [0.25, 0.3) is 0 Å². The summed E-state index contributed by atoms with van der Waals surface area (Å²) in [6.07, 6.45) is -16.7. The number of carboxylic acids is 1. The predicted octanol–water partition coefficient (Wildman–Crippen LogP) is -3.20. The summed E-state index contributed by atoms with van der Waals surface area (Å²) in [4.78, 5) is 49.8. The SMILES string of the molecule is CSC(=O)OCC1=CC(O)C2C(C(=O)O)=COC(OC3OC(CO)C(OC(=O)C4=COC(OC5OC(CO)C(O)C(O)C5O)C5C(COC(=O)SC)=CC(O)C45)C(O)C3O)C12. The summed E-state index contributed by atoms with van der Waals surface area (Å²) in [5, 5.41) is 104. The van der Waals surface area contributed by atoms with E-state index in [0.29, 0.717) is 0 Å². The number of fused-ring (bicyclic) bond motifs is 2. The van der Waals surface area contributed by atoms with Crippen LogP contribution in [0.15, 0.2) is 47.0 Å². The third-order valence-corrected chi connectivity index (χ3v) is 12.0. The number of carbonyl (C=O) groups excluding carboxylic acids is 3. The predicted molar refractivity (Wildman–Crippen MR) is 199 cm³/mol. The average Bonchev–Trinajstić information content (AvgIpc) is 3.77. The third kappa shape index (κ3) is 9.60. The number of aliphatic hydroxyl groups excluding tert-OH is 9. The number of rotatable bonds is 13. The minimum Gasteiger partial charge on any atom is -0.478 e. The van der Waals surface area contributed by atoms with Crippen LogP contribution in [0.3, 0.4) is 0 Å². The van der Waals surface area contributed by atoms with Crippen LogP contribution in [0.1, 0.15) is 0 Å². The van der Waals surface area contributed by atoms with Gasteiger partial charge in [0.05, 0.1) is 60.9 Å². The maximum atomic E-state index is 13.9. The minimum absolute atomic E-state index is 0.172. The van der Waals surface area contributed by atoms with Gasteiger partial charge in [0.1, 0.15) is 55.9 Å². The van der Waals surface area contributed by atoms with Gasteiger partial charge >= 0.3 is 22.5 Å². The number of hydrogen-bond acceptors (Lipinski definition) is 24. The molecule has 18 atom stereocenters. The Balaban J connectivity index is 1.19. The molecule has 0 aromatic rings. The van der Waals surface area contributed by atoms with Crippen molar-refractivity contribution in [2.24, 2.45) is 23.7 Å². The lowest BCUT2D eigenvalue weighted by Gasteiger charge is -2.44. The van der Waals surface area contributed by atoms with Crippen LogP contribution in [-0.2, 0) is 52.2 Å². The number of thioether (sulfide) groups is 2. The van der Waals surface area contributed by atoms with Crippen molar-refractivity contribution in [2.45, 2.75) is 86.2 Å². The lowest BCUT2D eigenvalue weighted by Crippen LogP contribution is -2.61. The molecule has 6 aliphatic rings. The number of hydrogen-bond donors (Lipinski definition) is 10. The molecule has 0 aromatic carbocycles. The number of ether oxygens (including phenoxy) is 9. The topological polar surface area (TPSA) is 354 Å². The summed E-state index contributed by atoms with van der Waals surface area (Å²) in [6.45, 7) is -2.55. The fraction of sp³-hybridized carbons (Fsp3) is 0.667. The van der Waals surface area contributed by atoms with Gasteiger partial charge in [-0.1, -0.05) is 12.2 Å². The second-order valence-electron chi connectivity index (χ2n) is 14.6. The molecule has 0 spiro atoms. The molecule has 0 radical (unpaired) electrons. The Morgan fingerprint density at radius 1 is 0.607 bits per heavy atom. The molecule has 18 unspecified atom stereocenters. The average molecular weight is 911 g/mol. The molecule has 61 heavy (non-hydrogen) atoms. The summed E-state index contributed by atoms with van der Waals surface area (Å²) in [5.74, 6) is -7.45. The Morgan fingerprint density at radius 2 is 1.07 bits per heavy atom. The van der Waals surface area contributed by atoms with Crippen molar-refractivity contribution in [3.63, 3.8) is 0 Å². The molecule has 340 valence electrons. The van der Waals surface area contributed by atoms with Crippen molar-refractivity contribution in [2.75, 3.05) is 38.9 Å². The number of aliphatic hydroxyl groups is 9. The summed E-state index contributed by atoms with van der Waals surface area (Å²) in [7, 11) is 0. The van der Waals surface area contributed by atoms with E-state index in [0.717, 1.165) is 36.0 Å². The highest BCUT2D eigenvalue weighted by Gasteiger charge is 2.56. The van der Waals surface area contributed by atoms with Gasteiger partial charge in [-0.25, -0.2) is 19.2 Å². The molecular formula is C36H46O23S2. The van der Waals surface area contributed by atoms with Gasteiger partial charge in [0.25, 0.3) is 0 Å². The van der Waals surface area contributed by atoms with E-state index < -0.39 is 159 Å². The van der Waals surface area contributed by atoms with Crippen molar-refractivity contribution in [3.05, 3.63) is 47.0 Å². The molecule has 2 aliphatic carbocycles. The van der Waals surface area contributed by atoms with Crippen LogP contribution in [0.2, 0.25) is 0 Å². The van der Waals surface area contributed by atoms with E-state index in [1.165, 1.54) is 24.7 Å². The van der Waals surface area contributed by atoms with Crippen LogP contribution < -0.4 is 0 Å². The highest BCUT2D eigenvalue weighted by Crippen LogP contribution is 2.47. The van der Waals surface area contributed by atoms with Gasteiger partial charge in [-0.15, -0.1) is 0 Å². The van der Waals surface area contributed by atoms with E-state index in [1.54, 1.807) is 0 Å². The molecule has 2 fully saturated rings. The van der Waals surface area contributed by atoms with Crippen molar-refractivity contribution in [3.8, 4) is 0 Å². The van der Waals surface area contributed by atoms with Gasteiger partial charge in [0, 0.05) is 11.8 Å². The molecule has 10 N–H and O–H groups in total. The Morgan fingerprint density at radius 3 is 1.54 bits per heavy atom. The van der Waals surface area contributed by atoms with Crippen LogP contribution in [0.4, 0.5) is 9.59 Å². The number of aliphatic carboxylic acids is 1. The molecule has 0 bridgehead atoms. The molecule has 0 saturated carbocycles. The zero-order chi connectivity index (χ0) is 44.4. The van der Waals surface area contributed by atoms with Crippen molar-refractivity contribution in [1.82, 2.24) is 0 Å². The molecular weight excluding hydrogens is 865 g/mol. The quantitative estimate of drug-likeness (QED) is 0.0494. The van der Waals surface area contributed by atoms with E-state index in [4.69, 9.17) is 42.6 Å². The van der Waals surface area contributed by atoms with E-state index in [2.05, 4.69) is 0 Å². The summed E-state index contributed by atoms with van der Waals surface area (Å²) >= 11 is 1.51. The zero-order valence-electron chi connectivity index (χ0n) is 32.1. The molecule has 4 heterocycles. The largest absolute Gasteiger partial charge is 0.478 e. The van der Waals surface area contributed by atoms with Crippen molar-refractivity contribution >= 4 is 46.1 Å². The summed E-state index contributed by atoms with van der Waals surface area (Å²) < 4.78 is 50.1. The molecule has 25 heteroatoms. The van der Waals surface area contributed by atoms with Crippen LogP contribution >= 0.6 is 23.5 Å². The first-order chi connectivity index (χ1) is 29.0. The molecule has 0 aromatic heterocycles. The van der Waals surface area contributed by atoms with Crippen molar-refractivity contribution in [1.29, 1.82) is 0 Å². The number of esters is 1. The van der Waals surface area contributed by atoms with Crippen LogP contribution in [0, 0.1) is 23.7 Å². The zero-order valence-corrected chi connectivity index (χ0v) is 33.8. The Bertz CT molecular complexity index is 1770. The van der Waals surface area contributed by atoms with Gasteiger partial charge in [0.15, 0.2) is 18.7 Å². The first kappa shape index (κ1) is 47.1. The smallest absolute Gasteiger partial charge is 0.367 e. The molecule has 0 amide bonds. The molecule has 4 aliphatic heterocycles. The monoisotopic (exact) mass is 910 g/mol. The minimum atomic E-state index is -2.05. The van der Waals surface area contributed by atoms with E-state index in [-0.39, 0.29) is 22.3 Å². The second-order valence-corrected chi connectivity index (χ2v) is 16.0. The fourth-order valence-electron chi connectivity index (χ4n) is 8.05. The summed E-state index contributed by atoms with van der Waals surface area (Å²) in [6, 6.07) is 0. The second kappa shape index (κ2) is 20.0. The van der Waals surface area contributed by atoms with E-state index >= 15 is 0 Å². The summed E-state index contributed by atoms with van der Waals surface area (Å²) in [5.41, 5.74) is -0.334. The lowest BCUT2D eigenvalue weighted by molar-refractivity contribution is -0.342. The maximum Gasteiger partial charge on any atom is 0.367 e. The fourth-order valence-corrected chi connectivity index (χ4v) is 8.41. The van der Waals surface area contributed by atoms with Crippen molar-refractivity contribution < 1.29 is 113 Å². The Kier molecular flexibility index (Phi) is 15.4. The highest BCUT2D eigenvalue weighted by atomic mass is 32.2. The van der Waals surface area contributed by atoms with Gasteiger partial charge in [-0.2, -0.15) is 0 Å². The molecule has 6 rings (SSSR count). The number of carbonyl (C=O) groups is 4. The van der Waals surface area contributed by atoms with E-state index in [9.17, 15) is 70.2 Å². The van der Waals surface area contributed by atoms with Crippen LogP contribution in [-0.4, -0.2) is 199 Å². The first-order valence-corrected chi connectivity index (χ1v) is 21.1. The highest BCUT2D eigenvalue weighted by molar-refractivity contribution is 8.12. The Labute approximate surface area is 354 Å². The Hall–Kier alpha value is -3.38. The van der Waals surface area contributed by atoms with Gasteiger partial charge in [0.2, 0.25) is 12.6 Å². The molecule has 2 saturated heterocycles. The van der Waals surface area contributed by atoms with Crippen LogP contribution in [0.5, 0.6) is 0 Å². The third-order valence-electron chi connectivity index (χ3n) is 11.1. The standard InChI is InChI=1S/C36H46O23S2/c1-60-35(49)53-7-11-3-15(39)21-13(29(46)47)9-51-31(19(11)21)59-34-27(45)25(43)28(18(6-38)56-34)57-30(48)14-10-52-32(58-33-26(44)24(42)23(41)17(5-37)55-33)20-12(4-16(40)22(14)20)8-54-36(50)61-2/h3-4,9-10,15-28,31-34,37-45H,5-8H2,1-2H3,(H,46,47). The lowest BCUT2D eigenvalue weighted by atomic mass is 9.82. The maximum absolute atomic E-state index is 13.9. The number of carboxylic acid groups (broad SMARTS) is 1. The first-order valence-electron chi connectivity index (χ1n) is 18.6. The molecule has 23 nitrogen and oxygen atoms in total.